The Morgan fingerprint density at radius 3 is 2.65 bits per heavy atom. The molecule has 1 atom stereocenters. The van der Waals surface area contributed by atoms with Gasteiger partial charge in [0.05, 0.1) is 6.04 Å². The van der Waals surface area contributed by atoms with E-state index in [9.17, 15) is 8.78 Å². The average Bonchev–Trinajstić information content (AvgIpc) is 2.42. The van der Waals surface area contributed by atoms with E-state index in [0.717, 1.165) is 27.9 Å². The Kier molecular flexibility index (Phi) is 4.73. The molecule has 0 aromatic heterocycles. The van der Waals surface area contributed by atoms with E-state index in [0.29, 0.717) is 0 Å². The molecule has 106 valence electrons. The van der Waals surface area contributed by atoms with Crippen molar-refractivity contribution in [2.45, 2.75) is 13.0 Å². The molecule has 5 heteroatoms. The second-order valence-corrected chi connectivity index (χ2v) is 5.44. The average molecular weight is 341 g/mol. The second-order valence-electron chi connectivity index (χ2n) is 4.58. The van der Waals surface area contributed by atoms with Crippen molar-refractivity contribution < 1.29 is 8.78 Å². The van der Waals surface area contributed by atoms with Crippen LogP contribution in [0, 0.1) is 18.6 Å². The molecule has 3 N–H and O–H groups in total. The summed E-state index contributed by atoms with van der Waals surface area (Å²) in [5.41, 5.74) is 7.77. The van der Waals surface area contributed by atoms with Gasteiger partial charge < -0.3 is 11.1 Å². The number of hydrogen-bond acceptors (Lipinski definition) is 2. The molecule has 0 aliphatic rings. The number of rotatable bonds is 4. The van der Waals surface area contributed by atoms with Gasteiger partial charge in [-0.15, -0.1) is 0 Å². The van der Waals surface area contributed by atoms with E-state index in [1.54, 1.807) is 0 Å². The molecule has 0 fully saturated rings. The summed E-state index contributed by atoms with van der Waals surface area (Å²) in [6, 6.07) is 8.65. The van der Waals surface area contributed by atoms with Crippen molar-refractivity contribution in [3.05, 3.63) is 63.6 Å². The molecule has 0 aliphatic heterocycles. The van der Waals surface area contributed by atoms with E-state index in [4.69, 9.17) is 5.73 Å². The maximum atomic E-state index is 13.8. The first-order valence-corrected chi connectivity index (χ1v) is 6.98. The lowest BCUT2D eigenvalue weighted by atomic mass is 10.1. The van der Waals surface area contributed by atoms with Gasteiger partial charge in [0.1, 0.15) is 11.6 Å². The summed E-state index contributed by atoms with van der Waals surface area (Å²) in [4.78, 5) is 0. The van der Waals surface area contributed by atoms with Crippen LogP contribution in [-0.4, -0.2) is 6.54 Å². The highest BCUT2D eigenvalue weighted by Gasteiger charge is 2.16. The van der Waals surface area contributed by atoms with E-state index < -0.39 is 17.7 Å². The SMILES string of the molecule is Cc1ccc(Br)c(NC(CN)c2cc(F)ccc2F)c1. The van der Waals surface area contributed by atoms with Gasteiger partial charge in [-0.3, -0.25) is 0 Å². The zero-order valence-corrected chi connectivity index (χ0v) is 12.5. The van der Waals surface area contributed by atoms with Gasteiger partial charge in [0.15, 0.2) is 0 Å². The van der Waals surface area contributed by atoms with Crippen molar-refractivity contribution in [3.63, 3.8) is 0 Å². The zero-order valence-electron chi connectivity index (χ0n) is 11.0. The fourth-order valence-electron chi connectivity index (χ4n) is 1.98. The number of aryl methyl sites for hydroxylation is 1. The Morgan fingerprint density at radius 2 is 1.95 bits per heavy atom. The van der Waals surface area contributed by atoms with Crippen molar-refractivity contribution in [2.75, 3.05) is 11.9 Å². The molecule has 0 radical (unpaired) electrons. The molecule has 2 rings (SSSR count). The van der Waals surface area contributed by atoms with Crippen molar-refractivity contribution in [3.8, 4) is 0 Å². The number of anilines is 1. The molecule has 0 bridgehead atoms. The highest BCUT2D eigenvalue weighted by molar-refractivity contribution is 9.10. The van der Waals surface area contributed by atoms with Crippen LogP contribution in [0.3, 0.4) is 0 Å². The van der Waals surface area contributed by atoms with Crippen molar-refractivity contribution in [1.29, 1.82) is 0 Å². The van der Waals surface area contributed by atoms with Gasteiger partial charge >= 0.3 is 0 Å². The van der Waals surface area contributed by atoms with Crippen LogP contribution in [0.15, 0.2) is 40.9 Å². The molecular weight excluding hydrogens is 326 g/mol. The zero-order chi connectivity index (χ0) is 14.7. The fraction of sp³-hybridized carbons (Fsp3) is 0.200. The Morgan fingerprint density at radius 1 is 1.20 bits per heavy atom. The molecule has 20 heavy (non-hydrogen) atoms. The first kappa shape index (κ1) is 14.9. The number of hydrogen-bond donors (Lipinski definition) is 2. The van der Waals surface area contributed by atoms with Gasteiger partial charge in [-0.05, 0) is 58.7 Å². The predicted octanol–water partition coefficient (Wildman–Crippen LogP) is 4.15. The Balaban J connectivity index is 2.33. The van der Waals surface area contributed by atoms with Gasteiger partial charge in [0.2, 0.25) is 0 Å². The van der Waals surface area contributed by atoms with Crippen LogP contribution in [0.2, 0.25) is 0 Å². The number of halogens is 3. The van der Waals surface area contributed by atoms with E-state index >= 15 is 0 Å². The Bertz CT molecular complexity index is 617. The number of benzene rings is 2. The third kappa shape index (κ3) is 3.35. The third-order valence-corrected chi connectivity index (χ3v) is 3.71. The minimum atomic E-state index is -0.496. The Labute approximate surface area is 125 Å². The lowest BCUT2D eigenvalue weighted by Crippen LogP contribution is -2.22. The molecule has 2 aromatic rings. The monoisotopic (exact) mass is 340 g/mol. The van der Waals surface area contributed by atoms with Crippen molar-refractivity contribution in [1.82, 2.24) is 0 Å². The standard InChI is InChI=1S/C15H15BrF2N2/c1-9-2-4-12(16)14(6-9)20-15(8-19)11-7-10(17)3-5-13(11)18/h2-7,15,20H,8,19H2,1H3. The van der Waals surface area contributed by atoms with E-state index in [1.165, 1.54) is 6.07 Å². The molecule has 0 amide bonds. The largest absolute Gasteiger partial charge is 0.376 e. The summed E-state index contributed by atoms with van der Waals surface area (Å²) >= 11 is 3.42. The summed E-state index contributed by atoms with van der Waals surface area (Å²) in [6.07, 6.45) is 0. The smallest absolute Gasteiger partial charge is 0.128 e. The van der Waals surface area contributed by atoms with E-state index in [2.05, 4.69) is 21.2 Å². The summed E-state index contributed by atoms with van der Waals surface area (Å²) in [6.45, 7) is 2.11. The van der Waals surface area contributed by atoms with Gasteiger partial charge in [0.25, 0.3) is 0 Å². The summed E-state index contributed by atoms with van der Waals surface area (Å²) < 4.78 is 27.9. The Hall–Kier alpha value is -1.46. The van der Waals surface area contributed by atoms with Crippen molar-refractivity contribution in [2.24, 2.45) is 5.73 Å². The maximum absolute atomic E-state index is 13.8. The summed E-state index contributed by atoms with van der Waals surface area (Å²) in [7, 11) is 0. The highest BCUT2D eigenvalue weighted by atomic mass is 79.9. The molecule has 2 aromatic carbocycles. The highest BCUT2D eigenvalue weighted by Crippen LogP contribution is 2.28. The second kappa shape index (κ2) is 6.33. The maximum Gasteiger partial charge on any atom is 0.128 e. The molecule has 1 unspecified atom stereocenters. The molecule has 0 aliphatic carbocycles. The molecule has 0 heterocycles. The van der Waals surface area contributed by atoms with Crippen LogP contribution in [0.1, 0.15) is 17.2 Å². The lowest BCUT2D eigenvalue weighted by molar-refractivity contribution is 0.572. The van der Waals surface area contributed by atoms with Gasteiger partial charge in [-0.1, -0.05) is 6.07 Å². The van der Waals surface area contributed by atoms with E-state index in [-0.39, 0.29) is 12.1 Å². The minimum absolute atomic E-state index is 0.154. The van der Waals surface area contributed by atoms with Crippen LogP contribution < -0.4 is 11.1 Å². The quantitative estimate of drug-likeness (QED) is 0.877. The molecule has 0 spiro atoms. The number of nitrogens with two attached hydrogens (primary N) is 1. The van der Waals surface area contributed by atoms with Crippen LogP contribution >= 0.6 is 15.9 Å². The van der Waals surface area contributed by atoms with Gasteiger partial charge in [-0.2, -0.15) is 0 Å². The minimum Gasteiger partial charge on any atom is -0.376 e. The molecule has 0 saturated heterocycles. The molecule has 2 nitrogen and oxygen atoms in total. The first-order valence-electron chi connectivity index (χ1n) is 6.19. The predicted molar refractivity (Wildman–Crippen MR) is 80.7 cm³/mol. The van der Waals surface area contributed by atoms with Gasteiger partial charge in [-0.25, -0.2) is 8.78 Å². The third-order valence-electron chi connectivity index (χ3n) is 3.02. The van der Waals surface area contributed by atoms with Crippen LogP contribution in [0.4, 0.5) is 14.5 Å². The number of nitrogens with one attached hydrogen (secondary N) is 1. The van der Waals surface area contributed by atoms with Crippen LogP contribution in [-0.2, 0) is 0 Å². The van der Waals surface area contributed by atoms with Crippen LogP contribution in [0.5, 0.6) is 0 Å². The van der Waals surface area contributed by atoms with Gasteiger partial charge in [0, 0.05) is 22.3 Å². The van der Waals surface area contributed by atoms with Crippen molar-refractivity contribution >= 4 is 21.6 Å². The lowest BCUT2D eigenvalue weighted by Gasteiger charge is -2.20. The normalized spacial score (nSPS) is 12.2. The fourth-order valence-corrected chi connectivity index (χ4v) is 2.34. The molecule has 0 saturated carbocycles. The summed E-state index contributed by atoms with van der Waals surface area (Å²) in [5.74, 6) is -0.955. The summed E-state index contributed by atoms with van der Waals surface area (Å²) in [5, 5.41) is 3.14. The topological polar surface area (TPSA) is 38.0 Å². The van der Waals surface area contributed by atoms with E-state index in [1.807, 2.05) is 25.1 Å². The molecular formula is C15H15BrF2N2. The first-order chi connectivity index (χ1) is 9.51. The van der Waals surface area contributed by atoms with Crippen LogP contribution in [0.25, 0.3) is 0 Å².